The molecule has 178 valence electrons. The lowest BCUT2D eigenvalue weighted by molar-refractivity contribution is 0.0712. The Kier molecular flexibility index (Phi) is 5.15. The topological polar surface area (TPSA) is 12.5 Å². The van der Waals surface area contributed by atoms with E-state index in [0.29, 0.717) is 0 Å². The minimum absolute atomic E-state index is 0.0914. The summed E-state index contributed by atoms with van der Waals surface area (Å²) in [6.45, 7) is 8.92. The largest absolute Gasteiger partial charge is 0.487 e. The van der Waals surface area contributed by atoms with Crippen molar-refractivity contribution in [3.63, 3.8) is 0 Å². The van der Waals surface area contributed by atoms with Crippen LogP contribution < -0.4 is 9.64 Å². The summed E-state index contributed by atoms with van der Waals surface area (Å²) in [6.07, 6.45) is 0. The van der Waals surface area contributed by atoms with Gasteiger partial charge in [-0.15, -0.1) is 0 Å². The fraction of sp³-hybridized carbons (Fsp3) is 0.176. The Morgan fingerprint density at radius 1 is 0.583 bits per heavy atom. The van der Waals surface area contributed by atoms with Gasteiger partial charge in [-0.05, 0) is 84.3 Å². The van der Waals surface area contributed by atoms with Crippen molar-refractivity contribution in [2.24, 2.45) is 0 Å². The summed E-state index contributed by atoms with van der Waals surface area (Å²) in [5, 5.41) is 2.47. The van der Waals surface area contributed by atoms with Gasteiger partial charge in [0.15, 0.2) is 0 Å². The third-order valence-corrected chi connectivity index (χ3v) is 7.97. The van der Waals surface area contributed by atoms with Crippen LogP contribution in [0.4, 0.5) is 17.1 Å². The fourth-order valence-electron chi connectivity index (χ4n) is 5.27. The van der Waals surface area contributed by atoms with Gasteiger partial charge >= 0.3 is 0 Å². The highest BCUT2D eigenvalue weighted by atomic mass is 16.5. The maximum absolute atomic E-state index is 6.36. The standard InChI is InChI=1S/C34H31NO/c1-33(2)31-22-25(19-20-32(31)36-34(33,3)4)30-23-28(21-24-13-11-12-18-29(24)30)35(26-14-7-5-8-15-26)27-16-9-6-10-17-27/h5-23H,1-4H3. The molecule has 6 rings (SSSR count). The van der Waals surface area contributed by atoms with Crippen LogP contribution in [0.2, 0.25) is 0 Å². The Morgan fingerprint density at radius 3 is 1.86 bits per heavy atom. The van der Waals surface area contributed by atoms with Crippen molar-refractivity contribution in [3.8, 4) is 16.9 Å². The zero-order valence-electron chi connectivity index (χ0n) is 21.3. The molecule has 0 bridgehead atoms. The van der Waals surface area contributed by atoms with E-state index in [0.717, 1.165) is 22.8 Å². The van der Waals surface area contributed by atoms with Gasteiger partial charge in [-0.1, -0.05) is 80.6 Å². The first-order chi connectivity index (χ1) is 17.3. The lowest BCUT2D eigenvalue weighted by atomic mass is 9.73. The van der Waals surface area contributed by atoms with E-state index in [1.807, 2.05) is 0 Å². The lowest BCUT2D eigenvalue weighted by Crippen LogP contribution is -2.41. The highest BCUT2D eigenvalue weighted by Gasteiger charge is 2.47. The molecule has 1 aliphatic rings. The van der Waals surface area contributed by atoms with Crippen LogP contribution >= 0.6 is 0 Å². The van der Waals surface area contributed by atoms with Crippen LogP contribution in [0.25, 0.3) is 21.9 Å². The van der Waals surface area contributed by atoms with Gasteiger partial charge in [-0.3, -0.25) is 0 Å². The number of hydrogen-bond donors (Lipinski definition) is 0. The quantitative estimate of drug-likeness (QED) is 0.260. The molecule has 36 heavy (non-hydrogen) atoms. The van der Waals surface area contributed by atoms with E-state index in [-0.39, 0.29) is 11.0 Å². The SMILES string of the molecule is CC1(C)Oc2ccc(-c3cc(N(c4ccccc4)c4ccccc4)cc4ccccc34)cc2C1(C)C. The van der Waals surface area contributed by atoms with Crippen molar-refractivity contribution >= 4 is 27.8 Å². The van der Waals surface area contributed by atoms with Crippen LogP contribution in [0.5, 0.6) is 5.75 Å². The maximum Gasteiger partial charge on any atom is 0.124 e. The minimum atomic E-state index is -0.255. The Hall–Kier alpha value is -4.04. The van der Waals surface area contributed by atoms with Crippen molar-refractivity contribution in [1.82, 2.24) is 0 Å². The van der Waals surface area contributed by atoms with E-state index >= 15 is 0 Å². The van der Waals surface area contributed by atoms with E-state index in [1.165, 1.54) is 27.5 Å². The molecule has 5 aromatic rings. The van der Waals surface area contributed by atoms with Crippen LogP contribution in [-0.4, -0.2) is 5.60 Å². The number of benzene rings is 5. The summed E-state index contributed by atoms with van der Waals surface area (Å²) in [4.78, 5) is 2.33. The van der Waals surface area contributed by atoms with Gasteiger partial charge in [0.05, 0.1) is 0 Å². The summed E-state index contributed by atoms with van der Waals surface area (Å²) in [5.41, 5.74) is 6.76. The zero-order chi connectivity index (χ0) is 24.9. The number of para-hydroxylation sites is 2. The lowest BCUT2D eigenvalue weighted by Gasteiger charge is -2.33. The Balaban J connectivity index is 1.58. The predicted molar refractivity (Wildman–Crippen MR) is 152 cm³/mol. The van der Waals surface area contributed by atoms with Crippen LogP contribution in [0.3, 0.4) is 0 Å². The van der Waals surface area contributed by atoms with E-state index < -0.39 is 0 Å². The summed E-state index contributed by atoms with van der Waals surface area (Å²) in [7, 11) is 0. The summed E-state index contributed by atoms with van der Waals surface area (Å²) < 4.78 is 6.36. The highest BCUT2D eigenvalue weighted by Crippen LogP contribution is 2.50. The smallest absolute Gasteiger partial charge is 0.124 e. The summed E-state index contributed by atoms with van der Waals surface area (Å²) in [5.74, 6) is 0.990. The Morgan fingerprint density at radius 2 is 1.19 bits per heavy atom. The number of rotatable bonds is 4. The first-order valence-corrected chi connectivity index (χ1v) is 12.6. The third-order valence-electron chi connectivity index (χ3n) is 7.97. The Labute approximate surface area is 213 Å². The highest BCUT2D eigenvalue weighted by molar-refractivity contribution is 6.01. The van der Waals surface area contributed by atoms with Crippen LogP contribution in [0, 0.1) is 0 Å². The molecule has 0 aliphatic carbocycles. The number of ether oxygens (including phenoxy) is 1. The molecule has 0 spiro atoms. The molecule has 5 aromatic carbocycles. The second-order valence-electron chi connectivity index (χ2n) is 10.7. The molecule has 0 fully saturated rings. The first-order valence-electron chi connectivity index (χ1n) is 12.6. The minimum Gasteiger partial charge on any atom is -0.487 e. The van der Waals surface area contributed by atoms with Gasteiger partial charge in [0.25, 0.3) is 0 Å². The van der Waals surface area contributed by atoms with E-state index in [9.17, 15) is 0 Å². The van der Waals surface area contributed by atoms with Crippen molar-refractivity contribution in [1.29, 1.82) is 0 Å². The molecule has 0 saturated carbocycles. The molecule has 0 saturated heterocycles. The molecule has 2 heteroatoms. The first kappa shape index (κ1) is 22.4. The van der Waals surface area contributed by atoms with Crippen molar-refractivity contribution in [2.75, 3.05) is 4.90 Å². The van der Waals surface area contributed by atoms with Crippen molar-refractivity contribution in [3.05, 3.63) is 121 Å². The van der Waals surface area contributed by atoms with E-state index in [1.54, 1.807) is 0 Å². The molecule has 0 unspecified atom stereocenters. The van der Waals surface area contributed by atoms with Crippen molar-refractivity contribution in [2.45, 2.75) is 38.7 Å². The second kappa shape index (κ2) is 8.27. The van der Waals surface area contributed by atoms with Crippen LogP contribution in [0.15, 0.2) is 115 Å². The van der Waals surface area contributed by atoms with E-state index in [2.05, 4.69) is 148 Å². The monoisotopic (exact) mass is 469 g/mol. The molecule has 1 aliphatic heterocycles. The molecule has 0 aromatic heterocycles. The van der Waals surface area contributed by atoms with Gasteiger partial charge < -0.3 is 9.64 Å². The second-order valence-corrected chi connectivity index (χ2v) is 10.7. The summed E-state index contributed by atoms with van der Waals surface area (Å²) >= 11 is 0. The molecule has 1 heterocycles. The fourth-order valence-corrected chi connectivity index (χ4v) is 5.27. The van der Waals surface area contributed by atoms with Crippen molar-refractivity contribution < 1.29 is 4.74 Å². The zero-order valence-corrected chi connectivity index (χ0v) is 21.3. The third kappa shape index (κ3) is 3.56. The van der Waals surface area contributed by atoms with Gasteiger partial charge in [0.1, 0.15) is 11.4 Å². The molecule has 0 N–H and O–H groups in total. The average molecular weight is 470 g/mol. The number of fused-ring (bicyclic) bond motifs is 2. The van der Waals surface area contributed by atoms with Gasteiger partial charge in [-0.25, -0.2) is 0 Å². The van der Waals surface area contributed by atoms with Gasteiger partial charge in [-0.2, -0.15) is 0 Å². The molecular weight excluding hydrogens is 438 g/mol. The Bertz CT molecular complexity index is 1510. The van der Waals surface area contributed by atoms with Crippen LogP contribution in [0.1, 0.15) is 33.3 Å². The molecule has 0 atom stereocenters. The predicted octanol–water partition coefficient (Wildman–Crippen LogP) is 9.43. The average Bonchev–Trinajstić information content (AvgIpc) is 3.08. The molecule has 2 nitrogen and oxygen atoms in total. The van der Waals surface area contributed by atoms with Gasteiger partial charge in [0, 0.05) is 28.0 Å². The summed E-state index contributed by atoms with van der Waals surface area (Å²) in [6, 6.07) is 41.2. The van der Waals surface area contributed by atoms with Crippen LogP contribution in [-0.2, 0) is 5.41 Å². The maximum atomic E-state index is 6.36. The normalized spacial score (nSPS) is 15.3. The number of nitrogens with zero attached hydrogens (tertiary/aromatic N) is 1. The molecular formula is C34H31NO. The van der Waals surface area contributed by atoms with Gasteiger partial charge in [0.2, 0.25) is 0 Å². The molecule has 0 radical (unpaired) electrons. The number of hydrogen-bond acceptors (Lipinski definition) is 2. The number of anilines is 3. The van der Waals surface area contributed by atoms with E-state index in [4.69, 9.17) is 4.74 Å². The molecule has 0 amide bonds.